The molecule has 0 amide bonds. The quantitative estimate of drug-likeness (QED) is 0.783. The Morgan fingerprint density at radius 3 is 2.95 bits per heavy atom. The van der Waals surface area contributed by atoms with Crippen LogP contribution in [0.15, 0.2) is 47.1 Å². The lowest BCUT2D eigenvalue weighted by molar-refractivity contribution is 0.0691. The van der Waals surface area contributed by atoms with Gasteiger partial charge in [-0.2, -0.15) is 0 Å². The van der Waals surface area contributed by atoms with Crippen LogP contribution in [-0.4, -0.2) is 21.0 Å². The van der Waals surface area contributed by atoms with Crippen LogP contribution in [0.25, 0.3) is 11.1 Å². The van der Waals surface area contributed by atoms with Gasteiger partial charge in [-0.25, -0.2) is 9.78 Å². The van der Waals surface area contributed by atoms with Crippen LogP contribution >= 0.6 is 0 Å². The number of fused-ring (bicyclic) bond motifs is 1. The van der Waals surface area contributed by atoms with E-state index in [2.05, 4.69) is 9.97 Å². The molecule has 0 unspecified atom stereocenters. The highest BCUT2D eigenvalue weighted by Gasteiger charge is 2.12. The molecule has 0 saturated heterocycles. The molecule has 3 rings (SSSR count). The first-order valence-electron chi connectivity index (χ1n) is 5.88. The summed E-state index contributed by atoms with van der Waals surface area (Å²) in [4.78, 5) is 19.1. The zero-order valence-corrected chi connectivity index (χ0v) is 10.3. The number of para-hydroxylation sites is 2. The number of carbonyl (C=O) groups is 1. The van der Waals surface area contributed by atoms with Crippen molar-refractivity contribution >= 4 is 17.1 Å². The Bertz CT molecular complexity index is 733. The maximum Gasteiger partial charge on any atom is 0.339 e. The second-order valence-electron chi connectivity index (χ2n) is 4.04. The zero-order valence-electron chi connectivity index (χ0n) is 10.3. The molecule has 3 aromatic rings. The molecule has 100 valence electrons. The number of benzene rings is 1. The first-order chi connectivity index (χ1) is 9.74. The van der Waals surface area contributed by atoms with Crippen molar-refractivity contribution < 1.29 is 19.1 Å². The van der Waals surface area contributed by atoms with Gasteiger partial charge < -0.3 is 14.3 Å². The molecule has 0 radical (unpaired) electrons. The molecule has 2 aromatic heterocycles. The number of ether oxygens (including phenoxy) is 1. The fourth-order valence-electron chi connectivity index (χ4n) is 1.79. The minimum absolute atomic E-state index is 0.0423. The van der Waals surface area contributed by atoms with E-state index in [1.165, 1.54) is 18.5 Å². The first kappa shape index (κ1) is 12.2. The lowest BCUT2D eigenvalue weighted by Gasteiger charge is -2.05. The van der Waals surface area contributed by atoms with Gasteiger partial charge in [0.15, 0.2) is 17.9 Å². The number of carboxylic acid groups (broad SMARTS) is 1. The van der Waals surface area contributed by atoms with Crippen LogP contribution in [-0.2, 0) is 6.61 Å². The van der Waals surface area contributed by atoms with E-state index >= 15 is 0 Å². The minimum atomic E-state index is -1.07. The minimum Gasteiger partial charge on any atom is -0.481 e. The van der Waals surface area contributed by atoms with Crippen molar-refractivity contribution in [2.45, 2.75) is 6.61 Å². The van der Waals surface area contributed by atoms with Gasteiger partial charge in [-0.15, -0.1) is 0 Å². The van der Waals surface area contributed by atoms with Crippen LogP contribution in [0, 0.1) is 0 Å². The number of pyridine rings is 1. The van der Waals surface area contributed by atoms with Gasteiger partial charge in [-0.05, 0) is 18.2 Å². The molecule has 0 spiro atoms. The van der Waals surface area contributed by atoms with E-state index in [-0.39, 0.29) is 17.9 Å². The highest BCUT2D eigenvalue weighted by Crippen LogP contribution is 2.19. The van der Waals surface area contributed by atoms with E-state index < -0.39 is 5.97 Å². The van der Waals surface area contributed by atoms with Gasteiger partial charge in [0, 0.05) is 6.20 Å². The van der Waals surface area contributed by atoms with Crippen LogP contribution in [0.1, 0.15) is 16.2 Å². The topological polar surface area (TPSA) is 85.5 Å². The lowest BCUT2D eigenvalue weighted by Crippen LogP contribution is -2.03. The molecule has 6 nitrogen and oxygen atoms in total. The summed E-state index contributed by atoms with van der Waals surface area (Å²) >= 11 is 0. The van der Waals surface area contributed by atoms with Crippen molar-refractivity contribution in [3.63, 3.8) is 0 Å². The second kappa shape index (κ2) is 5.00. The molecule has 1 aromatic carbocycles. The molecule has 0 aliphatic rings. The van der Waals surface area contributed by atoms with Gasteiger partial charge in [0.25, 0.3) is 0 Å². The molecule has 0 bridgehead atoms. The van der Waals surface area contributed by atoms with Crippen LogP contribution in [0.5, 0.6) is 5.75 Å². The molecule has 0 fully saturated rings. The van der Waals surface area contributed by atoms with Crippen molar-refractivity contribution in [3.05, 3.63) is 54.2 Å². The van der Waals surface area contributed by atoms with Crippen LogP contribution in [0.4, 0.5) is 0 Å². The number of nitrogens with zero attached hydrogens (tertiary/aromatic N) is 2. The molecule has 6 heteroatoms. The number of carboxylic acids is 1. The molecule has 0 aliphatic heterocycles. The summed E-state index contributed by atoms with van der Waals surface area (Å²) in [7, 11) is 0. The zero-order chi connectivity index (χ0) is 13.9. The highest BCUT2D eigenvalue weighted by atomic mass is 16.5. The summed E-state index contributed by atoms with van der Waals surface area (Å²) in [6.07, 6.45) is 2.75. The summed E-state index contributed by atoms with van der Waals surface area (Å²) < 4.78 is 10.9. The fourth-order valence-corrected chi connectivity index (χ4v) is 1.79. The molecular formula is C14H10N2O4. The van der Waals surface area contributed by atoms with Gasteiger partial charge in [0.1, 0.15) is 11.1 Å². The average Bonchev–Trinajstić information content (AvgIpc) is 2.88. The van der Waals surface area contributed by atoms with Crippen LogP contribution < -0.4 is 4.74 Å². The van der Waals surface area contributed by atoms with Crippen molar-refractivity contribution in [2.24, 2.45) is 0 Å². The molecule has 0 aliphatic carbocycles. The smallest absolute Gasteiger partial charge is 0.339 e. The van der Waals surface area contributed by atoms with Crippen LogP contribution in [0.3, 0.4) is 0 Å². The SMILES string of the molecule is O=C(O)c1ccncc1OCc1nc2ccccc2o1. The number of aromatic carboxylic acids is 1. The summed E-state index contributed by atoms with van der Waals surface area (Å²) in [5.41, 5.74) is 1.45. The summed E-state index contributed by atoms with van der Waals surface area (Å²) in [6.45, 7) is 0.0423. The van der Waals surface area contributed by atoms with E-state index in [9.17, 15) is 4.79 Å². The Morgan fingerprint density at radius 1 is 1.30 bits per heavy atom. The first-order valence-corrected chi connectivity index (χ1v) is 5.88. The fraction of sp³-hybridized carbons (Fsp3) is 0.0714. The monoisotopic (exact) mass is 270 g/mol. The predicted molar refractivity (Wildman–Crippen MR) is 69.5 cm³/mol. The third kappa shape index (κ3) is 2.31. The van der Waals surface area contributed by atoms with Gasteiger partial charge in [0.2, 0.25) is 5.89 Å². The van der Waals surface area contributed by atoms with Crippen LogP contribution in [0.2, 0.25) is 0 Å². The summed E-state index contributed by atoms with van der Waals surface area (Å²) in [6, 6.07) is 8.72. The number of hydrogen-bond acceptors (Lipinski definition) is 5. The Labute approximate surface area is 113 Å². The van der Waals surface area contributed by atoms with E-state index in [0.29, 0.717) is 11.5 Å². The van der Waals surface area contributed by atoms with Gasteiger partial charge in [0.05, 0.1) is 6.20 Å². The third-order valence-electron chi connectivity index (χ3n) is 2.70. The van der Waals surface area contributed by atoms with Gasteiger partial charge in [-0.3, -0.25) is 4.98 Å². The molecule has 20 heavy (non-hydrogen) atoms. The third-order valence-corrected chi connectivity index (χ3v) is 2.70. The Hall–Kier alpha value is -2.89. The van der Waals surface area contributed by atoms with E-state index in [0.717, 1.165) is 5.52 Å². The number of hydrogen-bond donors (Lipinski definition) is 1. The highest BCUT2D eigenvalue weighted by molar-refractivity contribution is 5.90. The Kier molecular flexibility index (Phi) is 3.04. The van der Waals surface area contributed by atoms with Crippen molar-refractivity contribution in [1.29, 1.82) is 0 Å². The normalized spacial score (nSPS) is 10.6. The maximum absolute atomic E-state index is 11.0. The lowest BCUT2D eigenvalue weighted by atomic mass is 10.2. The van der Waals surface area contributed by atoms with E-state index in [1.54, 1.807) is 6.07 Å². The molecule has 2 heterocycles. The predicted octanol–water partition coefficient (Wildman–Crippen LogP) is 2.50. The molecular weight excluding hydrogens is 260 g/mol. The van der Waals surface area contributed by atoms with Crippen molar-refractivity contribution in [3.8, 4) is 5.75 Å². The summed E-state index contributed by atoms with van der Waals surface area (Å²) in [5.74, 6) is -0.506. The average molecular weight is 270 g/mol. The van der Waals surface area contributed by atoms with Crippen molar-refractivity contribution in [2.75, 3.05) is 0 Å². The Morgan fingerprint density at radius 2 is 2.15 bits per heavy atom. The maximum atomic E-state index is 11.0. The van der Waals surface area contributed by atoms with E-state index in [1.807, 2.05) is 18.2 Å². The summed E-state index contributed by atoms with van der Waals surface area (Å²) in [5, 5.41) is 9.03. The molecule has 1 N–H and O–H groups in total. The van der Waals surface area contributed by atoms with Crippen molar-refractivity contribution in [1.82, 2.24) is 9.97 Å². The molecule has 0 atom stereocenters. The number of aromatic nitrogens is 2. The second-order valence-corrected chi connectivity index (χ2v) is 4.04. The molecule has 0 saturated carbocycles. The van der Waals surface area contributed by atoms with Gasteiger partial charge in [-0.1, -0.05) is 12.1 Å². The standard InChI is InChI=1S/C14H10N2O4/c17-14(18)9-5-6-15-7-12(9)19-8-13-16-10-3-1-2-4-11(10)20-13/h1-7H,8H2,(H,17,18). The van der Waals surface area contributed by atoms with E-state index in [4.69, 9.17) is 14.3 Å². The largest absolute Gasteiger partial charge is 0.481 e. The van der Waals surface area contributed by atoms with Gasteiger partial charge >= 0.3 is 5.97 Å². The Balaban J connectivity index is 1.81. The number of oxazole rings is 1. The number of rotatable bonds is 4.